The highest BCUT2D eigenvalue weighted by molar-refractivity contribution is 6.31. The molecule has 3 amide bonds. The maximum Gasteiger partial charge on any atom is 0.316 e. The van der Waals surface area contributed by atoms with E-state index in [1.165, 1.54) is 12.1 Å². The van der Waals surface area contributed by atoms with Gasteiger partial charge in [-0.05, 0) is 42.8 Å². The Hall–Kier alpha value is -2.84. The number of nitrogens with two attached hydrogens (primary N) is 1. The summed E-state index contributed by atoms with van der Waals surface area (Å²) < 4.78 is 50.7. The zero-order valence-corrected chi connectivity index (χ0v) is 17.1. The van der Waals surface area contributed by atoms with Gasteiger partial charge in [0.1, 0.15) is 11.6 Å². The SMILES string of the molecule is [2H]c1c([2H])c(CN2CCN(C(=O)COc3ccc(Cl)cc3NC(N)=O)[C@@H](C)C2)c([2H])c([2H])c1F. The van der Waals surface area contributed by atoms with Crippen molar-refractivity contribution in [1.29, 1.82) is 0 Å². The molecule has 1 saturated heterocycles. The Morgan fingerprint density at radius 3 is 2.73 bits per heavy atom. The number of carbonyl (C=O) groups is 2. The summed E-state index contributed by atoms with van der Waals surface area (Å²) in [6.45, 7) is 2.84. The van der Waals surface area contributed by atoms with Gasteiger partial charge in [0, 0.05) is 37.2 Å². The topological polar surface area (TPSA) is 87.9 Å². The Morgan fingerprint density at radius 2 is 2.07 bits per heavy atom. The van der Waals surface area contributed by atoms with Gasteiger partial charge in [-0.15, -0.1) is 0 Å². The molecule has 9 heteroatoms. The Kier molecular flexibility index (Phi) is 5.51. The number of anilines is 1. The summed E-state index contributed by atoms with van der Waals surface area (Å²) in [6, 6.07) is 1.31. The Bertz CT molecular complexity index is 1090. The standard InChI is InChI=1S/C21H24ClFN4O3/c1-14-11-26(12-15-2-5-17(23)6-3-15)8-9-27(14)20(28)13-30-19-7-4-16(22)10-18(19)25-21(24)29/h2-7,10,14H,8-9,11-13H2,1H3,(H3,24,25,29)/t14-/m0/s1/i2D,3D,5D,6D. The van der Waals surface area contributed by atoms with Gasteiger partial charge in [-0.3, -0.25) is 9.69 Å². The van der Waals surface area contributed by atoms with Gasteiger partial charge in [0.05, 0.1) is 11.2 Å². The summed E-state index contributed by atoms with van der Waals surface area (Å²) in [5, 5.41) is 2.75. The van der Waals surface area contributed by atoms with E-state index in [1.807, 2.05) is 11.8 Å². The number of hydrogen-bond donors (Lipinski definition) is 2. The number of rotatable bonds is 6. The molecule has 1 aliphatic rings. The van der Waals surface area contributed by atoms with Gasteiger partial charge in [-0.2, -0.15) is 0 Å². The van der Waals surface area contributed by atoms with E-state index in [0.717, 1.165) is 0 Å². The molecule has 1 atom stereocenters. The summed E-state index contributed by atoms with van der Waals surface area (Å²) in [6.07, 6.45) is 0. The van der Waals surface area contributed by atoms with Crippen LogP contribution in [0.25, 0.3) is 0 Å². The second-order valence-corrected chi connectivity index (χ2v) is 7.32. The van der Waals surface area contributed by atoms with Gasteiger partial charge in [-0.1, -0.05) is 23.7 Å². The molecule has 0 unspecified atom stereocenters. The zero-order valence-electron chi connectivity index (χ0n) is 20.3. The third kappa shape index (κ3) is 5.84. The van der Waals surface area contributed by atoms with Gasteiger partial charge in [0.2, 0.25) is 0 Å². The molecule has 0 spiro atoms. The Labute approximate surface area is 185 Å². The minimum Gasteiger partial charge on any atom is -0.482 e. The fourth-order valence-corrected chi connectivity index (χ4v) is 3.43. The van der Waals surface area contributed by atoms with Gasteiger partial charge in [0.25, 0.3) is 5.91 Å². The predicted molar refractivity (Wildman–Crippen MR) is 113 cm³/mol. The van der Waals surface area contributed by atoms with Crippen LogP contribution in [0, 0.1) is 5.82 Å². The van der Waals surface area contributed by atoms with Crippen LogP contribution < -0.4 is 15.8 Å². The highest BCUT2D eigenvalue weighted by Crippen LogP contribution is 2.28. The van der Waals surface area contributed by atoms with E-state index in [4.69, 9.17) is 27.6 Å². The average Bonchev–Trinajstić information content (AvgIpc) is 2.78. The van der Waals surface area contributed by atoms with Crippen molar-refractivity contribution in [2.24, 2.45) is 5.73 Å². The second kappa shape index (κ2) is 9.77. The van der Waals surface area contributed by atoms with E-state index < -0.39 is 36.0 Å². The molecule has 1 fully saturated rings. The lowest BCUT2D eigenvalue weighted by Gasteiger charge is -2.39. The fraction of sp³-hybridized carbons (Fsp3) is 0.333. The van der Waals surface area contributed by atoms with Crippen molar-refractivity contribution >= 4 is 29.2 Å². The molecule has 2 aromatic rings. The molecular formula is C21H24ClFN4O3. The normalized spacial score (nSPS) is 18.8. The third-order valence-corrected chi connectivity index (χ3v) is 4.85. The van der Waals surface area contributed by atoms with Gasteiger partial charge in [0.15, 0.2) is 6.61 Å². The number of amides is 3. The molecule has 7 nitrogen and oxygen atoms in total. The summed E-state index contributed by atoms with van der Waals surface area (Å²) >= 11 is 5.93. The lowest BCUT2D eigenvalue weighted by Crippen LogP contribution is -2.54. The van der Waals surface area contributed by atoms with Crippen LogP contribution in [0.4, 0.5) is 14.9 Å². The number of piperazine rings is 1. The number of benzene rings is 2. The highest BCUT2D eigenvalue weighted by Gasteiger charge is 2.27. The first-order chi connectivity index (χ1) is 16.0. The molecule has 1 heterocycles. The molecule has 0 saturated carbocycles. The molecule has 1 aliphatic heterocycles. The van der Waals surface area contributed by atoms with Crippen molar-refractivity contribution in [3.63, 3.8) is 0 Å². The largest absolute Gasteiger partial charge is 0.482 e. The van der Waals surface area contributed by atoms with Crippen molar-refractivity contribution in [1.82, 2.24) is 9.80 Å². The van der Waals surface area contributed by atoms with Crippen molar-refractivity contribution in [3.05, 3.63) is 58.8 Å². The molecule has 0 aliphatic carbocycles. The number of ether oxygens (including phenoxy) is 1. The Balaban J connectivity index is 1.62. The third-order valence-electron chi connectivity index (χ3n) is 4.61. The van der Waals surface area contributed by atoms with E-state index in [9.17, 15) is 14.0 Å². The highest BCUT2D eigenvalue weighted by atomic mass is 35.5. The van der Waals surface area contributed by atoms with E-state index in [-0.39, 0.29) is 42.1 Å². The molecule has 30 heavy (non-hydrogen) atoms. The first-order valence-corrected chi connectivity index (χ1v) is 9.62. The van der Waals surface area contributed by atoms with Crippen LogP contribution in [0.2, 0.25) is 5.02 Å². The number of primary amides is 1. The fourth-order valence-electron chi connectivity index (χ4n) is 3.25. The van der Waals surface area contributed by atoms with E-state index >= 15 is 0 Å². The number of carbonyl (C=O) groups excluding carboxylic acids is 2. The zero-order chi connectivity index (χ0) is 25.2. The van der Waals surface area contributed by atoms with Gasteiger partial charge < -0.3 is 20.7 Å². The molecule has 160 valence electrons. The van der Waals surface area contributed by atoms with E-state index in [2.05, 4.69) is 5.32 Å². The van der Waals surface area contributed by atoms with Crippen molar-refractivity contribution < 1.29 is 24.2 Å². The average molecular weight is 439 g/mol. The summed E-state index contributed by atoms with van der Waals surface area (Å²) in [4.78, 5) is 27.5. The van der Waals surface area contributed by atoms with Crippen LogP contribution in [0.3, 0.4) is 0 Å². The van der Waals surface area contributed by atoms with Crippen LogP contribution in [-0.2, 0) is 11.3 Å². The van der Waals surface area contributed by atoms with Crippen LogP contribution in [0.1, 0.15) is 18.0 Å². The number of nitrogens with one attached hydrogen (secondary N) is 1. The maximum absolute atomic E-state index is 13.8. The van der Waals surface area contributed by atoms with Crippen LogP contribution in [0.15, 0.2) is 42.4 Å². The first-order valence-electron chi connectivity index (χ1n) is 11.2. The van der Waals surface area contributed by atoms with Crippen LogP contribution >= 0.6 is 11.6 Å². The molecular weight excluding hydrogens is 411 g/mol. The lowest BCUT2D eigenvalue weighted by atomic mass is 10.1. The number of urea groups is 1. The van der Waals surface area contributed by atoms with Gasteiger partial charge in [-0.25, -0.2) is 9.18 Å². The molecule has 0 aromatic heterocycles. The van der Waals surface area contributed by atoms with Gasteiger partial charge >= 0.3 is 6.03 Å². The molecule has 3 N–H and O–H groups in total. The number of hydrogen-bond acceptors (Lipinski definition) is 4. The maximum atomic E-state index is 13.8. The quantitative estimate of drug-likeness (QED) is 0.725. The van der Waals surface area contributed by atoms with E-state index in [0.29, 0.717) is 24.7 Å². The van der Waals surface area contributed by atoms with E-state index in [1.54, 1.807) is 11.0 Å². The minimum absolute atomic E-state index is 0.103. The summed E-state index contributed by atoms with van der Waals surface area (Å²) in [5.74, 6) is -1.21. The van der Waals surface area contributed by atoms with Crippen LogP contribution in [-0.4, -0.2) is 54.0 Å². The molecule has 0 bridgehead atoms. The molecule has 3 rings (SSSR count). The Morgan fingerprint density at radius 1 is 1.33 bits per heavy atom. The minimum atomic E-state index is -1.17. The lowest BCUT2D eigenvalue weighted by molar-refractivity contribution is -0.137. The monoisotopic (exact) mass is 438 g/mol. The second-order valence-electron chi connectivity index (χ2n) is 6.88. The van der Waals surface area contributed by atoms with Crippen molar-refractivity contribution in [3.8, 4) is 5.75 Å². The number of nitrogens with zero attached hydrogens (tertiary/aromatic N) is 2. The molecule has 0 radical (unpaired) electrons. The summed E-state index contributed by atoms with van der Waals surface area (Å²) in [5.41, 5.74) is 5.51. The van der Waals surface area contributed by atoms with Crippen molar-refractivity contribution in [2.45, 2.75) is 19.5 Å². The molecule has 2 aromatic carbocycles. The first kappa shape index (κ1) is 16.9. The smallest absolute Gasteiger partial charge is 0.316 e. The summed E-state index contributed by atoms with van der Waals surface area (Å²) in [7, 11) is 0. The number of halogens is 2. The predicted octanol–water partition coefficient (Wildman–Crippen LogP) is 3.08. The van der Waals surface area contributed by atoms with Crippen LogP contribution in [0.5, 0.6) is 5.75 Å². The van der Waals surface area contributed by atoms with Crippen molar-refractivity contribution in [2.75, 3.05) is 31.6 Å².